The SMILES string of the molecule is Cl.Cl.c1ccc(CSc2ccc3ccccc3n2)nc1. The van der Waals surface area contributed by atoms with Gasteiger partial charge >= 0.3 is 0 Å². The van der Waals surface area contributed by atoms with E-state index in [0.717, 1.165) is 22.0 Å². The summed E-state index contributed by atoms with van der Waals surface area (Å²) in [4.78, 5) is 8.93. The van der Waals surface area contributed by atoms with Crippen LogP contribution in [0.25, 0.3) is 10.9 Å². The van der Waals surface area contributed by atoms with Gasteiger partial charge in [-0.2, -0.15) is 0 Å². The molecule has 0 spiro atoms. The van der Waals surface area contributed by atoms with Crippen LogP contribution < -0.4 is 0 Å². The molecule has 2 nitrogen and oxygen atoms in total. The lowest BCUT2D eigenvalue weighted by Crippen LogP contribution is -1.86. The zero-order valence-corrected chi connectivity index (χ0v) is 13.0. The topological polar surface area (TPSA) is 25.8 Å². The lowest BCUT2D eigenvalue weighted by atomic mass is 10.2. The van der Waals surface area contributed by atoms with Gasteiger partial charge in [0.2, 0.25) is 0 Å². The van der Waals surface area contributed by atoms with E-state index < -0.39 is 0 Å². The van der Waals surface area contributed by atoms with E-state index in [-0.39, 0.29) is 24.8 Å². The average molecular weight is 325 g/mol. The molecule has 0 atom stereocenters. The van der Waals surface area contributed by atoms with Crippen molar-refractivity contribution in [3.8, 4) is 0 Å². The van der Waals surface area contributed by atoms with Gasteiger partial charge in [-0.25, -0.2) is 4.98 Å². The molecule has 0 aliphatic heterocycles. The number of hydrogen-bond donors (Lipinski definition) is 0. The molecule has 0 radical (unpaired) electrons. The van der Waals surface area contributed by atoms with Crippen LogP contribution in [-0.2, 0) is 5.75 Å². The van der Waals surface area contributed by atoms with Crippen molar-refractivity contribution in [2.24, 2.45) is 0 Å². The molecule has 0 fully saturated rings. The Hall–Kier alpha value is -1.29. The van der Waals surface area contributed by atoms with Crippen molar-refractivity contribution in [2.45, 2.75) is 10.8 Å². The summed E-state index contributed by atoms with van der Waals surface area (Å²) >= 11 is 1.71. The van der Waals surface area contributed by atoms with E-state index in [9.17, 15) is 0 Å². The predicted molar refractivity (Wildman–Crippen MR) is 90.0 cm³/mol. The van der Waals surface area contributed by atoms with E-state index in [1.165, 1.54) is 5.39 Å². The van der Waals surface area contributed by atoms with E-state index >= 15 is 0 Å². The van der Waals surface area contributed by atoms with Crippen LogP contribution in [0.4, 0.5) is 0 Å². The Morgan fingerprint density at radius 2 is 1.65 bits per heavy atom. The van der Waals surface area contributed by atoms with Gasteiger partial charge in [0.15, 0.2) is 0 Å². The molecule has 3 rings (SSSR count). The van der Waals surface area contributed by atoms with E-state index in [0.29, 0.717) is 0 Å². The van der Waals surface area contributed by atoms with Crippen LogP contribution in [0.15, 0.2) is 65.8 Å². The number of fused-ring (bicyclic) bond motifs is 1. The number of para-hydroxylation sites is 1. The molecular weight excluding hydrogens is 311 g/mol. The molecule has 2 heterocycles. The molecule has 20 heavy (non-hydrogen) atoms. The summed E-state index contributed by atoms with van der Waals surface area (Å²) < 4.78 is 0. The molecule has 0 N–H and O–H groups in total. The Labute approximate surface area is 134 Å². The summed E-state index contributed by atoms with van der Waals surface area (Å²) in [6.45, 7) is 0. The van der Waals surface area contributed by atoms with E-state index in [2.05, 4.69) is 28.2 Å². The van der Waals surface area contributed by atoms with Crippen molar-refractivity contribution in [1.82, 2.24) is 9.97 Å². The lowest BCUT2D eigenvalue weighted by molar-refractivity contribution is 1.15. The second kappa shape index (κ2) is 8.10. The van der Waals surface area contributed by atoms with E-state index in [1.54, 1.807) is 11.8 Å². The smallest absolute Gasteiger partial charge is 0.0971 e. The van der Waals surface area contributed by atoms with Crippen molar-refractivity contribution in [3.05, 3.63) is 66.5 Å². The first kappa shape index (κ1) is 16.8. The number of benzene rings is 1. The van der Waals surface area contributed by atoms with Crippen LogP contribution in [0.3, 0.4) is 0 Å². The average Bonchev–Trinajstić information content (AvgIpc) is 2.46. The first-order chi connectivity index (χ1) is 8.92. The number of halogens is 2. The Balaban J connectivity index is 0.000001000. The van der Waals surface area contributed by atoms with Crippen LogP contribution in [-0.4, -0.2) is 9.97 Å². The fourth-order valence-corrected chi connectivity index (χ4v) is 2.55. The highest BCUT2D eigenvalue weighted by molar-refractivity contribution is 7.98. The van der Waals surface area contributed by atoms with Crippen LogP contribution in [0.1, 0.15) is 5.69 Å². The Morgan fingerprint density at radius 1 is 0.850 bits per heavy atom. The number of rotatable bonds is 3. The van der Waals surface area contributed by atoms with Crippen molar-refractivity contribution in [1.29, 1.82) is 0 Å². The lowest BCUT2D eigenvalue weighted by Gasteiger charge is -2.02. The molecule has 0 bridgehead atoms. The molecule has 0 amide bonds. The third-order valence-electron chi connectivity index (χ3n) is 2.67. The highest BCUT2D eigenvalue weighted by Gasteiger charge is 2.00. The maximum atomic E-state index is 4.63. The minimum Gasteiger partial charge on any atom is -0.260 e. The summed E-state index contributed by atoms with van der Waals surface area (Å²) in [7, 11) is 0. The molecule has 1 aromatic carbocycles. The van der Waals surface area contributed by atoms with Crippen LogP contribution in [0.5, 0.6) is 0 Å². The van der Waals surface area contributed by atoms with Gasteiger partial charge in [0.05, 0.1) is 16.2 Å². The fraction of sp³-hybridized carbons (Fsp3) is 0.0667. The number of nitrogens with zero attached hydrogens (tertiary/aromatic N) is 2. The molecule has 0 saturated carbocycles. The Bertz CT molecular complexity index is 662. The Morgan fingerprint density at radius 3 is 2.45 bits per heavy atom. The normalized spacial score (nSPS) is 9.60. The zero-order valence-electron chi connectivity index (χ0n) is 10.6. The van der Waals surface area contributed by atoms with Crippen LogP contribution in [0, 0.1) is 0 Å². The largest absolute Gasteiger partial charge is 0.260 e. The maximum Gasteiger partial charge on any atom is 0.0971 e. The summed E-state index contributed by atoms with van der Waals surface area (Å²) in [5, 5.41) is 2.22. The molecule has 5 heteroatoms. The molecular formula is C15H14Cl2N2S. The van der Waals surface area contributed by atoms with Gasteiger partial charge in [-0.05, 0) is 24.3 Å². The summed E-state index contributed by atoms with van der Waals surface area (Å²) in [5.74, 6) is 0.853. The quantitative estimate of drug-likeness (QED) is 0.649. The highest BCUT2D eigenvalue weighted by atomic mass is 35.5. The van der Waals surface area contributed by atoms with Gasteiger partial charge in [-0.1, -0.05) is 30.3 Å². The van der Waals surface area contributed by atoms with Crippen LogP contribution in [0.2, 0.25) is 0 Å². The van der Waals surface area contributed by atoms with E-state index in [4.69, 9.17) is 0 Å². The highest BCUT2D eigenvalue weighted by Crippen LogP contribution is 2.22. The fourth-order valence-electron chi connectivity index (χ4n) is 1.76. The summed E-state index contributed by atoms with van der Waals surface area (Å²) in [5.41, 5.74) is 2.13. The number of pyridine rings is 2. The minimum atomic E-state index is 0. The molecule has 0 unspecified atom stereocenters. The molecule has 104 valence electrons. The molecule has 3 aromatic rings. The zero-order chi connectivity index (χ0) is 12.2. The van der Waals surface area contributed by atoms with E-state index in [1.807, 2.05) is 42.6 Å². The van der Waals surface area contributed by atoms with Gasteiger partial charge in [0.1, 0.15) is 0 Å². The third kappa shape index (κ3) is 4.10. The second-order valence-corrected chi connectivity index (χ2v) is 4.95. The van der Waals surface area contributed by atoms with Gasteiger partial charge in [-0.3, -0.25) is 4.98 Å². The summed E-state index contributed by atoms with van der Waals surface area (Å²) in [6.07, 6.45) is 1.82. The Kier molecular flexibility index (Phi) is 6.79. The van der Waals surface area contributed by atoms with Gasteiger partial charge in [0, 0.05) is 17.3 Å². The van der Waals surface area contributed by atoms with Gasteiger partial charge in [0.25, 0.3) is 0 Å². The molecule has 0 saturated heterocycles. The first-order valence-corrected chi connectivity index (χ1v) is 6.79. The standard InChI is InChI=1S/C15H12N2S.2ClH/c1-2-7-14-12(5-1)8-9-15(17-14)18-11-13-6-3-4-10-16-13;;/h1-10H,11H2;2*1H. The monoisotopic (exact) mass is 324 g/mol. The van der Waals surface area contributed by atoms with Crippen LogP contribution >= 0.6 is 36.6 Å². The third-order valence-corrected chi connectivity index (χ3v) is 3.63. The van der Waals surface area contributed by atoms with Crippen molar-refractivity contribution >= 4 is 47.5 Å². The van der Waals surface area contributed by atoms with Crippen molar-refractivity contribution < 1.29 is 0 Å². The number of thioether (sulfide) groups is 1. The van der Waals surface area contributed by atoms with Crippen molar-refractivity contribution in [2.75, 3.05) is 0 Å². The first-order valence-electron chi connectivity index (χ1n) is 5.80. The maximum absolute atomic E-state index is 4.63. The van der Waals surface area contributed by atoms with Gasteiger partial charge < -0.3 is 0 Å². The molecule has 0 aliphatic rings. The van der Waals surface area contributed by atoms with Crippen molar-refractivity contribution in [3.63, 3.8) is 0 Å². The number of aromatic nitrogens is 2. The predicted octanol–water partition coefficient (Wildman–Crippen LogP) is 4.77. The minimum absolute atomic E-state index is 0. The second-order valence-electron chi connectivity index (χ2n) is 3.95. The molecule has 0 aliphatic carbocycles. The summed E-state index contributed by atoms with van der Waals surface area (Å²) in [6, 6.07) is 18.3. The molecule has 2 aromatic heterocycles. The number of hydrogen-bond acceptors (Lipinski definition) is 3. The van der Waals surface area contributed by atoms with Gasteiger partial charge in [-0.15, -0.1) is 36.6 Å².